The van der Waals surface area contributed by atoms with Crippen LogP contribution < -0.4 is 4.74 Å². The van der Waals surface area contributed by atoms with Crippen LogP contribution in [0.4, 0.5) is 0 Å². The second kappa shape index (κ2) is 8.54. The minimum absolute atomic E-state index is 0.00538. The van der Waals surface area contributed by atoms with Crippen molar-refractivity contribution in [3.63, 3.8) is 0 Å². The Morgan fingerprint density at radius 3 is 2.81 bits per heavy atom. The van der Waals surface area contributed by atoms with Crippen molar-refractivity contribution in [2.24, 2.45) is 0 Å². The maximum absolute atomic E-state index is 12.1. The van der Waals surface area contributed by atoms with Gasteiger partial charge in [-0.1, -0.05) is 6.07 Å². The summed E-state index contributed by atoms with van der Waals surface area (Å²) in [6, 6.07) is 11.3. The lowest BCUT2D eigenvalue weighted by Gasteiger charge is -2.12. The van der Waals surface area contributed by atoms with E-state index in [0.717, 1.165) is 16.1 Å². The largest absolute Gasteiger partial charge is 0.467 e. The fraction of sp³-hybridized carbons (Fsp3) is 0.200. The lowest BCUT2D eigenvalue weighted by molar-refractivity contribution is 0.0438. The third kappa shape index (κ3) is 4.03. The van der Waals surface area contributed by atoms with Crippen LogP contribution in [0, 0.1) is 11.3 Å². The molecule has 0 spiro atoms. The van der Waals surface area contributed by atoms with E-state index >= 15 is 0 Å². The Balaban J connectivity index is 2.02. The maximum atomic E-state index is 12.1. The molecule has 0 fully saturated rings. The smallest absolute Gasteiger partial charge is 0.341 e. The molecule has 2 aromatic heterocycles. The van der Waals surface area contributed by atoms with E-state index in [-0.39, 0.29) is 13.4 Å². The van der Waals surface area contributed by atoms with E-state index in [1.54, 1.807) is 42.7 Å². The molecule has 0 amide bonds. The minimum Gasteiger partial charge on any atom is -0.467 e. The van der Waals surface area contributed by atoms with Crippen LogP contribution in [-0.2, 0) is 9.47 Å². The number of hydrogen-bond donors (Lipinski definition) is 0. The van der Waals surface area contributed by atoms with Crippen molar-refractivity contribution in [2.75, 3.05) is 20.5 Å². The van der Waals surface area contributed by atoms with Gasteiger partial charge in [-0.15, -0.1) is 11.3 Å². The predicted molar refractivity (Wildman–Crippen MR) is 102 cm³/mol. The molecule has 0 N–H and O–H groups in total. The molecule has 0 radical (unpaired) electrons. The molecule has 0 aliphatic rings. The highest BCUT2D eigenvalue weighted by atomic mass is 32.1. The predicted octanol–water partition coefficient (Wildman–Crippen LogP) is 4.24. The molecule has 0 unspecified atom stereocenters. The SMILES string of the molecule is CCOC(=O)c1ccc(-n2cc(C#N)c(-c3cccs3)c2)cc1OCOC. The summed E-state index contributed by atoms with van der Waals surface area (Å²) in [6.45, 7) is 2.03. The van der Waals surface area contributed by atoms with Gasteiger partial charge in [-0.25, -0.2) is 4.79 Å². The number of carbonyl (C=O) groups is 1. The van der Waals surface area contributed by atoms with Crippen molar-refractivity contribution < 1.29 is 19.0 Å². The molecule has 1 aromatic carbocycles. The van der Waals surface area contributed by atoms with Gasteiger partial charge in [0.2, 0.25) is 0 Å². The number of methoxy groups -OCH3 is 1. The van der Waals surface area contributed by atoms with Gasteiger partial charge < -0.3 is 18.8 Å². The summed E-state index contributed by atoms with van der Waals surface area (Å²) in [5, 5.41) is 11.4. The summed E-state index contributed by atoms with van der Waals surface area (Å²) in [4.78, 5) is 13.2. The Labute approximate surface area is 161 Å². The molecule has 2 heterocycles. The third-order valence-corrected chi connectivity index (χ3v) is 4.73. The molecule has 0 bridgehead atoms. The second-order valence-corrected chi connectivity index (χ2v) is 6.48. The molecule has 6 nitrogen and oxygen atoms in total. The zero-order chi connectivity index (χ0) is 19.2. The Morgan fingerprint density at radius 2 is 2.15 bits per heavy atom. The van der Waals surface area contributed by atoms with E-state index in [9.17, 15) is 10.1 Å². The second-order valence-electron chi connectivity index (χ2n) is 5.53. The molecule has 3 rings (SSSR count). The molecule has 0 atom stereocenters. The van der Waals surface area contributed by atoms with Crippen molar-refractivity contribution >= 4 is 17.3 Å². The molecule has 0 aliphatic carbocycles. The van der Waals surface area contributed by atoms with Crippen molar-refractivity contribution in [2.45, 2.75) is 6.92 Å². The van der Waals surface area contributed by atoms with Crippen LogP contribution in [0.5, 0.6) is 5.75 Å². The average molecular weight is 382 g/mol. The maximum Gasteiger partial charge on any atom is 0.341 e. The van der Waals surface area contributed by atoms with Gasteiger partial charge >= 0.3 is 5.97 Å². The summed E-state index contributed by atoms with van der Waals surface area (Å²) < 4.78 is 17.4. The molecule has 27 heavy (non-hydrogen) atoms. The number of thiophene rings is 1. The topological polar surface area (TPSA) is 73.5 Å². The quantitative estimate of drug-likeness (QED) is 0.451. The summed E-state index contributed by atoms with van der Waals surface area (Å²) >= 11 is 1.57. The van der Waals surface area contributed by atoms with Gasteiger partial charge in [-0.3, -0.25) is 0 Å². The highest BCUT2D eigenvalue weighted by molar-refractivity contribution is 7.13. The van der Waals surface area contributed by atoms with E-state index in [4.69, 9.17) is 14.2 Å². The lowest BCUT2D eigenvalue weighted by Crippen LogP contribution is -2.10. The van der Waals surface area contributed by atoms with Gasteiger partial charge in [0.25, 0.3) is 0 Å². The summed E-state index contributed by atoms with van der Waals surface area (Å²) in [5.41, 5.74) is 2.52. The van der Waals surface area contributed by atoms with Gasteiger partial charge in [-0.05, 0) is 30.5 Å². The number of carbonyl (C=O) groups excluding carboxylic acids is 1. The standard InChI is InChI=1S/C20H18N2O4S/c1-3-25-20(23)16-7-6-15(9-18(16)26-13-24-2)22-11-14(10-21)17(12-22)19-5-4-8-27-19/h4-9,11-12H,3,13H2,1-2H3. The first-order chi connectivity index (χ1) is 13.2. The number of nitrogens with zero attached hydrogens (tertiary/aromatic N) is 2. The number of hydrogen-bond acceptors (Lipinski definition) is 6. The number of ether oxygens (including phenoxy) is 3. The molecule has 0 aliphatic heterocycles. The van der Waals surface area contributed by atoms with E-state index in [1.807, 2.05) is 28.3 Å². The van der Waals surface area contributed by atoms with Crippen LogP contribution in [0.3, 0.4) is 0 Å². The van der Waals surface area contributed by atoms with Crippen LogP contribution in [0.1, 0.15) is 22.8 Å². The molecule has 138 valence electrons. The van der Waals surface area contributed by atoms with Crippen LogP contribution in [-0.4, -0.2) is 31.0 Å². The van der Waals surface area contributed by atoms with Crippen molar-refractivity contribution in [1.29, 1.82) is 5.26 Å². The first-order valence-corrected chi connectivity index (χ1v) is 9.15. The van der Waals surface area contributed by atoms with Crippen molar-refractivity contribution in [1.82, 2.24) is 4.57 Å². The monoisotopic (exact) mass is 382 g/mol. The van der Waals surface area contributed by atoms with Crippen molar-refractivity contribution in [3.8, 4) is 27.9 Å². The normalized spacial score (nSPS) is 10.4. The molecule has 3 aromatic rings. The fourth-order valence-corrected chi connectivity index (χ4v) is 3.36. The zero-order valence-electron chi connectivity index (χ0n) is 15.0. The minimum atomic E-state index is -0.459. The van der Waals surface area contributed by atoms with Gasteiger partial charge in [-0.2, -0.15) is 5.26 Å². The van der Waals surface area contributed by atoms with E-state index in [2.05, 4.69) is 6.07 Å². The number of esters is 1. The summed E-state index contributed by atoms with van der Waals surface area (Å²) in [6.07, 6.45) is 3.65. The average Bonchev–Trinajstić information content (AvgIpc) is 3.35. The van der Waals surface area contributed by atoms with E-state index in [0.29, 0.717) is 16.9 Å². The number of aromatic nitrogens is 1. The van der Waals surface area contributed by atoms with Gasteiger partial charge in [0.05, 0.1) is 12.2 Å². The van der Waals surface area contributed by atoms with Gasteiger partial charge in [0.1, 0.15) is 17.4 Å². The molecular weight excluding hydrogens is 364 g/mol. The van der Waals surface area contributed by atoms with E-state index in [1.165, 1.54) is 7.11 Å². The highest BCUT2D eigenvalue weighted by Gasteiger charge is 2.17. The molecule has 0 saturated carbocycles. The molecular formula is C20H18N2O4S. The van der Waals surface area contributed by atoms with Crippen LogP contribution in [0.25, 0.3) is 16.1 Å². The number of nitriles is 1. The fourth-order valence-electron chi connectivity index (χ4n) is 2.61. The zero-order valence-corrected chi connectivity index (χ0v) is 15.8. The Bertz CT molecular complexity index is 971. The first-order valence-electron chi connectivity index (χ1n) is 8.27. The Kier molecular flexibility index (Phi) is 5.91. The third-order valence-electron chi connectivity index (χ3n) is 3.82. The molecule has 7 heteroatoms. The Morgan fingerprint density at radius 1 is 1.30 bits per heavy atom. The summed E-state index contributed by atoms with van der Waals surface area (Å²) in [7, 11) is 1.51. The van der Waals surface area contributed by atoms with E-state index < -0.39 is 5.97 Å². The van der Waals surface area contributed by atoms with Gasteiger partial charge in [0.15, 0.2) is 6.79 Å². The van der Waals surface area contributed by atoms with Crippen LogP contribution >= 0.6 is 11.3 Å². The van der Waals surface area contributed by atoms with Gasteiger partial charge in [0, 0.05) is 41.7 Å². The van der Waals surface area contributed by atoms with Crippen molar-refractivity contribution in [3.05, 3.63) is 59.2 Å². The van der Waals surface area contributed by atoms with Crippen LogP contribution in [0.15, 0.2) is 48.1 Å². The van der Waals surface area contributed by atoms with Crippen LogP contribution in [0.2, 0.25) is 0 Å². The summed E-state index contributed by atoms with van der Waals surface area (Å²) in [5.74, 6) is -0.0997. The Hall–Kier alpha value is -3.08. The number of rotatable bonds is 7. The number of benzene rings is 1. The highest BCUT2D eigenvalue weighted by Crippen LogP contribution is 2.31. The molecule has 0 saturated heterocycles. The first kappa shape index (κ1) is 18.7. The lowest BCUT2D eigenvalue weighted by atomic mass is 10.2.